The molecule has 4 heteroatoms. The molecule has 0 radical (unpaired) electrons. The van der Waals surface area contributed by atoms with Crippen molar-refractivity contribution in [2.45, 2.75) is 19.8 Å². The highest BCUT2D eigenvalue weighted by molar-refractivity contribution is 5.92. The molecule has 0 spiro atoms. The number of hydrogen-bond donors (Lipinski definition) is 2. The normalized spacial score (nSPS) is 17.0. The van der Waals surface area contributed by atoms with Crippen LogP contribution in [0, 0.1) is 12.8 Å². The lowest BCUT2D eigenvalue weighted by atomic mass is 10.0. The first-order valence-electron chi connectivity index (χ1n) is 8.05. The number of benzene rings is 2. The van der Waals surface area contributed by atoms with Gasteiger partial charge in [0, 0.05) is 6.42 Å². The third-order valence-electron chi connectivity index (χ3n) is 4.05. The van der Waals surface area contributed by atoms with Gasteiger partial charge in [0.1, 0.15) is 5.75 Å². The van der Waals surface area contributed by atoms with Crippen LogP contribution in [0.2, 0.25) is 0 Å². The van der Waals surface area contributed by atoms with Gasteiger partial charge in [0.2, 0.25) is 5.91 Å². The van der Waals surface area contributed by atoms with E-state index in [1.165, 1.54) is 5.56 Å². The monoisotopic (exact) mass is 310 g/mol. The van der Waals surface area contributed by atoms with E-state index < -0.39 is 0 Å². The first kappa shape index (κ1) is 15.6. The fraction of sp³-hybridized carbons (Fsp3) is 0.316. The molecular weight excluding hydrogens is 288 g/mol. The van der Waals surface area contributed by atoms with E-state index in [0.717, 1.165) is 25.3 Å². The molecule has 2 aromatic rings. The highest BCUT2D eigenvalue weighted by atomic mass is 16.5. The maximum Gasteiger partial charge on any atom is 0.224 e. The van der Waals surface area contributed by atoms with E-state index in [-0.39, 0.29) is 5.91 Å². The van der Waals surface area contributed by atoms with Gasteiger partial charge in [-0.2, -0.15) is 0 Å². The van der Waals surface area contributed by atoms with Gasteiger partial charge in [0.05, 0.1) is 5.69 Å². The van der Waals surface area contributed by atoms with Crippen LogP contribution in [-0.2, 0) is 4.79 Å². The van der Waals surface area contributed by atoms with Crippen LogP contribution >= 0.6 is 0 Å². The van der Waals surface area contributed by atoms with E-state index >= 15 is 0 Å². The zero-order valence-electron chi connectivity index (χ0n) is 13.3. The second-order valence-electron chi connectivity index (χ2n) is 6.02. The maximum absolute atomic E-state index is 12.2. The van der Waals surface area contributed by atoms with Crippen LogP contribution in [0.3, 0.4) is 0 Å². The Labute approximate surface area is 136 Å². The molecular formula is C19H22N2O2. The summed E-state index contributed by atoms with van der Waals surface area (Å²) in [6.45, 7) is 3.97. The van der Waals surface area contributed by atoms with Gasteiger partial charge >= 0.3 is 0 Å². The van der Waals surface area contributed by atoms with Crippen LogP contribution in [0.4, 0.5) is 5.69 Å². The lowest BCUT2D eigenvalue weighted by Crippen LogP contribution is -2.18. The quantitative estimate of drug-likeness (QED) is 0.885. The number of carbonyl (C=O) groups excluding carboxylic acids is 1. The number of rotatable bonds is 5. The van der Waals surface area contributed by atoms with Crippen molar-refractivity contribution < 1.29 is 9.53 Å². The second kappa shape index (κ2) is 7.29. The Hall–Kier alpha value is -2.33. The van der Waals surface area contributed by atoms with E-state index in [9.17, 15) is 4.79 Å². The standard InChI is InChI=1S/C19H22N2O2/c1-14-6-8-16(9-7-14)23-18-5-3-2-4-17(18)21-19(22)12-15-10-11-20-13-15/h2-9,15,20H,10-13H2,1H3,(H,21,22). The van der Waals surface area contributed by atoms with E-state index in [1.54, 1.807) is 0 Å². The minimum absolute atomic E-state index is 0.0404. The average Bonchev–Trinajstić information content (AvgIpc) is 3.04. The van der Waals surface area contributed by atoms with Crippen molar-refractivity contribution in [3.63, 3.8) is 0 Å². The van der Waals surface area contributed by atoms with Gasteiger partial charge in [-0.05, 0) is 56.6 Å². The predicted molar refractivity (Wildman–Crippen MR) is 91.9 cm³/mol. The first-order chi connectivity index (χ1) is 11.2. The van der Waals surface area contributed by atoms with Crippen LogP contribution < -0.4 is 15.4 Å². The summed E-state index contributed by atoms with van der Waals surface area (Å²) in [5.41, 5.74) is 1.90. The van der Waals surface area contributed by atoms with Crippen molar-refractivity contribution in [1.82, 2.24) is 5.32 Å². The molecule has 1 aliphatic heterocycles. The molecule has 3 rings (SSSR count). The second-order valence-corrected chi connectivity index (χ2v) is 6.02. The average molecular weight is 310 g/mol. The Morgan fingerprint density at radius 3 is 2.74 bits per heavy atom. The lowest BCUT2D eigenvalue weighted by molar-refractivity contribution is -0.117. The van der Waals surface area contributed by atoms with Gasteiger partial charge in [-0.3, -0.25) is 4.79 Å². The third-order valence-corrected chi connectivity index (χ3v) is 4.05. The molecule has 1 heterocycles. The number of ether oxygens (including phenoxy) is 1. The number of para-hydroxylation sites is 2. The molecule has 2 N–H and O–H groups in total. The van der Waals surface area contributed by atoms with Gasteiger partial charge in [-0.25, -0.2) is 0 Å². The molecule has 0 saturated carbocycles. The molecule has 2 aromatic carbocycles. The molecule has 0 bridgehead atoms. The molecule has 1 atom stereocenters. The Balaban J connectivity index is 1.67. The first-order valence-corrected chi connectivity index (χ1v) is 8.05. The molecule has 23 heavy (non-hydrogen) atoms. The van der Waals surface area contributed by atoms with Crippen LogP contribution in [0.1, 0.15) is 18.4 Å². The number of anilines is 1. The van der Waals surface area contributed by atoms with Crippen molar-refractivity contribution in [3.05, 3.63) is 54.1 Å². The highest BCUT2D eigenvalue weighted by Crippen LogP contribution is 2.29. The summed E-state index contributed by atoms with van der Waals surface area (Å²) < 4.78 is 5.91. The van der Waals surface area contributed by atoms with E-state index in [0.29, 0.717) is 23.8 Å². The summed E-state index contributed by atoms with van der Waals surface area (Å²) >= 11 is 0. The Morgan fingerprint density at radius 2 is 2.00 bits per heavy atom. The summed E-state index contributed by atoms with van der Waals surface area (Å²) in [5, 5.41) is 6.26. The van der Waals surface area contributed by atoms with Gasteiger partial charge in [0.15, 0.2) is 5.75 Å². The maximum atomic E-state index is 12.2. The van der Waals surface area contributed by atoms with Gasteiger partial charge in [0.25, 0.3) is 0 Å². The number of amides is 1. The van der Waals surface area contributed by atoms with Crippen molar-refractivity contribution in [1.29, 1.82) is 0 Å². The third kappa shape index (κ3) is 4.33. The molecule has 0 aliphatic carbocycles. The Morgan fingerprint density at radius 1 is 1.22 bits per heavy atom. The highest BCUT2D eigenvalue weighted by Gasteiger charge is 2.18. The SMILES string of the molecule is Cc1ccc(Oc2ccccc2NC(=O)CC2CCNC2)cc1. The summed E-state index contributed by atoms with van der Waals surface area (Å²) in [6, 6.07) is 15.4. The summed E-state index contributed by atoms with van der Waals surface area (Å²) in [4.78, 5) is 12.2. The minimum Gasteiger partial charge on any atom is -0.455 e. The van der Waals surface area contributed by atoms with Crippen LogP contribution in [0.25, 0.3) is 0 Å². The Kier molecular flexibility index (Phi) is 4.93. The molecule has 1 unspecified atom stereocenters. The van der Waals surface area contributed by atoms with Crippen molar-refractivity contribution >= 4 is 11.6 Å². The van der Waals surface area contributed by atoms with Gasteiger partial charge < -0.3 is 15.4 Å². The smallest absolute Gasteiger partial charge is 0.224 e. The number of aryl methyl sites for hydroxylation is 1. The zero-order valence-corrected chi connectivity index (χ0v) is 13.3. The van der Waals surface area contributed by atoms with Crippen molar-refractivity contribution in [3.8, 4) is 11.5 Å². The fourth-order valence-electron chi connectivity index (χ4n) is 2.74. The number of hydrogen-bond acceptors (Lipinski definition) is 3. The summed E-state index contributed by atoms with van der Waals surface area (Å²) in [5.74, 6) is 1.89. The van der Waals surface area contributed by atoms with E-state index in [1.807, 2.05) is 55.5 Å². The zero-order chi connectivity index (χ0) is 16.1. The lowest BCUT2D eigenvalue weighted by Gasteiger charge is -2.13. The van der Waals surface area contributed by atoms with Gasteiger partial charge in [-0.1, -0.05) is 29.8 Å². The number of carbonyl (C=O) groups is 1. The van der Waals surface area contributed by atoms with Crippen LogP contribution in [0.15, 0.2) is 48.5 Å². The van der Waals surface area contributed by atoms with E-state index in [4.69, 9.17) is 4.74 Å². The molecule has 1 aliphatic rings. The Bertz CT molecular complexity index is 661. The molecule has 120 valence electrons. The summed E-state index contributed by atoms with van der Waals surface area (Å²) in [6.07, 6.45) is 1.61. The van der Waals surface area contributed by atoms with Gasteiger partial charge in [-0.15, -0.1) is 0 Å². The molecule has 1 fully saturated rings. The molecule has 4 nitrogen and oxygen atoms in total. The van der Waals surface area contributed by atoms with Crippen molar-refractivity contribution in [2.24, 2.45) is 5.92 Å². The largest absolute Gasteiger partial charge is 0.455 e. The molecule has 1 amide bonds. The van der Waals surface area contributed by atoms with Crippen molar-refractivity contribution in [2.75, 3.05) is 18.4 Å². The molecule has 1 saturated heterocycles. The topological polar surface area (TPSA) is 50.4 Å². The van der Waals surface area contributed by atoms with Crippen LogP contribution in [-0.4, -0.2) is 19.0 Å². The van der Waals surface area contributed by atoms with E-state index in [2.05, 4.69) is 10.6 Å². The molecule has 0 aromatic heterocycles. The van der Waals surface area contributed by atoms with Crippen LogP contribution in [0.5, 0.6) is 11.5 Å². The minimum atomic E-state index is 0.0404. The predicted octanol–water partition coefficient (Wildman–Crippen LogP) is 3.73. The summed E-state index contributed by atoms with van der Waals surface area (Å²) in [7, 11) is 0. The fourth-order valence-corrected chi connectivity index (χ4v) is 2.74. The number of nitrogens with one attached hydrogen (secondary N) is 2.